The van der Waals surface area contributed by atoms with Gasteiger partial charge >= 0.3 is 0 Å². The number of hydrogen-bond acceptors (Lipinski definition) is 1. The molecule has 4 heteroatoms. The molecule has 70 valence electrons. The largest absolute Gasteiger partial charge is 0.293 e. The van der Waals surface area contributed by atoms with Crippen LogP contribution >= 0.6 is 43.5 Å². The molecule has 1 aromatic rings. The van der Waals surface area contributed by atoms with Gasteiger partial charge in [-0.05, 0) is 25.1 Å². The summed E-state index contributed by atoms with van der Waals surface area (Å²) in [7, 11) is 0. The van der Waals surface area contributed by atoms with Crippen LogP contribution in [0.3, 0.4) is 0 Å². The second-order valence-electron chi connectivity index (χ2n) is 2.60. The first-order valence-corrected chi connectivity index (χ1v) is 5.74. The fourth-order valence-corrected chi connectivity index (χ4v) is 1.92. The number of benzene rings is 1. The molecule has 0 N–H and O–H groups in total. The van der Waals surface area contributed by atoms with Crippen molar-refractivity contribution >= 4 is 49.2 Å². The Morgan fingerprint density at radius 2 is 2.15 bits per heavy atom. The van der Waals surface area contributed by atoms with Crippen LogP contribution in [0.15, 0.2) is 22.7 Å². The summed E-state index contributed by atoms with van der Waals surface area (Å²) in [4.78, 5) is 11.3. The van der Waals surface area contributed by atoms with Gasteiger partial charge in [0.2, 0.25) is 0 Å². The van der Waals surface area contributed by atoms with Crippen LogP contribution in [0.5, 0.6) is 0 Å². The van der Waals surface area contributed by atoms with Gasteiger partial charge in [0.25, 0.3) is 0 Å². The molecule has 0 aromatic heterocycles. The van der Waals surface area contributed by atoms with Crippen LogP contribution in [0.4, 0.5) is 0 Å². The van der Waals surface area contributed by atoms with Gasteiger partial charge in [-0.15, -0.1) is 0 Å². The Morgan fingerprint density at radius 1 is 1.54 bits per heavy atom. The minimum atomic E-state index is -0.203. The van der Waals surface area contributed by atoms with Gasteiger partial charge in [-0.3, -0.25) is 4.79 Å². The molecule has 0 saturated heterocycles. The maximum Gasteiger partial charge on any atom is 0.177 e. The van der Waals surface area contributed by atoms with Crippen LogP contribution < -0.4 is 0 Å². The highest BCUT2D eigenvalue weighted by Gasteiger charge is 2.14. The molecule has 0 amide bonds. The number of halogens is 3. The second-order valence-corrected chi connectivity index (χ2v) is 5.30. The molecular formula is C9H7Br2ClO. The third kappa shape index (κ3) is 2.79. The van der Waals surface area contributed by atoms with Crippen LogP contribution in [-0.2, 0) is 0 Å². The Bertz CT molecular complexity index is 336. The number of carbonyl (C=O) groups is 1. The SMILES string of the molecule is CC(Br)C(=O)c1ccc(Br)cc1Cl. The Labute approximate surface area is 98.7 Å². The van der Waals surface area contributed by atoms with E-state index in [0.29, 0.717) is 10.6 Å². The van der Waals surface area contributed by atoms with E-state index in [1.165, 1.54) is 0 Å². The number of ketones is 1. The summed E-state index contributed by atoms with van der Waals surface area (Å²) >= 11 is 12.4. The van der Waals surface area contributed by atoms with Crippen molar-refractivity contribution in [2.45, 2.75) is 11.8 Å². The zero-order valence-electron chi connectivity index (χ0n) is 6.85. The van der Waals surface area contributed by atoms with Crippen molar-refractivity contribution in [3.63, 3.8) is 0 Å². The van der Waals surface area contributed by atoms with Gasteiger partial charge in [0, 0.05) is 10.0 Å². The Hall–Kier alpha value is 0.140. The molecule has 0 radical (unpaired) electrons. The highest BCUT2D eigenvalue weighted by molar-refractivity contribution is 9.10. The summed E-state index contributed by atoms with van der Waals surface area (Å²) in [6.07, 6.45) is 0. The van der Waals surface area contributed by atoms with Gasteiger partial charge in [0.15, 0.2) is 5.78 Å². The van der Waals surface area contributed by atoms with Crippen molar-refractivity contribution in [2.24, 2.45) is 0 Å². The standard InChI is InChI=1S/C9H7Br2ClO/c1-5(10)9(13)7-3-2-6(11)4-8(7)12/h2-5H,1H3. The molecule has 0 aliphatic heterocycles. The Balaban J connectivity index is 3.09. The van der Waals surface area contributed by atoms with Gasteiger partial charge in [0.05, 0.1) is 9.85 Å². The van der Waals surface area contributed by atoms with E-state index in [1.54, 1.807) is 25.1 Å². The van der Waals surface area contributed by atoms with E-state index in [-0.39, 0.29) is 10.6 Å². The van der Waals surface area contributed by atoms with Crippen molar-refractivity contribution in [3.8, 4) is 0 Å². The van der Waals surface area contributed by atoms with Gasteiger partial charge in [-0.1, -0.05) is 43.5 Å². The van der Waals surface area contributed by atoms with E-state index in [4.69, 9.17) is 11.6 Å². The molecule has 0 spiro atoms. The number of carbonyl (C=O) groups excluding carboxylic acids is 1. The molecule has 0 heterocycles. The minimum Gasteiger partial charge on any atom is -0.293 e. The zero-order chi connectivity index (χ0) is 10.0. The lowest BCUT2D eigenvalue weighted by atomic mass is 10.1. The monoisotopic (exact) mass is 324 g/mol. The first-order chi connectivity index (χ1) is 6.02. The van der Waals surface area contributed by atoms with Crippen LogP contribution in [-0.4, -0.2) is 10.6 Å². The molecule has 13 heavy (non-hydrogen) atoms. The fraction of sp³-hybridized carbons (Fsp3) is 0.222. The normalized spacial score (nSPS) is 12.6. The zero-order valence-corrected chi connectivity index (χ0v) is 10.8. The van der Waals surface area contributed by atoms with Crippen molar-refractivity contribution in [1.82, 2.24) is 0 Å². The lowest BCUT2D eigenvalue weighted by molar-refractivity contribution is 0.0996. The van der Waals surface area contributed by atoms with E-state index in [1.807, 2.05) is 0 Å². The molecule has 1 rings (SSSR count). The molecular weight excluding hydrogens is 319 g/mol. The maximum atomic E-state index is 11.5. The first kappa shape index (κ1) is 11.2. The fourth-order valence-electron chi connectivity index (χ4n) is 0.904. The second kappa shape index (κ2) is 4.58. The van der Waals surface area contributed by atoms with Crippen molar-refractivity contribution in [2.75, 3.05) is 0 Å². The van der Waals surface area contributed by atoms with Crippen molar-refractivity contribution < 1.29 is 4.79 Å². The first-order valence-electron chi connectivity index (χ1n) is 3.65. The molecule has 0 saturated carbocycles. The summed E-state index contributed by atoms with van der Waals surface area (Å²) in [6.45, 7) is 1.78. The molecule has 1 atom stereocenters. The molecule has 0 bridgehead atoms. The molecule has 0 aliphatic carbocycles. The van der Waals surface area contributed by atoms with E-state index in [2.05, 4.69) is 31.9 Å². The van der Waals surface area contributed by atoms with Crippen molar-refractivity contribution in [1.29, 1.82) is 0 Å². The summed E-state index contributed by atoms with van der Waals surface area (Å²) in [5.74, 6) is -0.00231. The number of Topliss-reactive ketones (excluding diaryl/α,β-unsaturated/α-hetero) is 1. The Kier molecular flexibility index (Phi) is 3.95. The average Bonchev–Trinajstić information content (AvgIpc) is 2.03. The van der Waals surface area contributed by atoms with E-state index >= 15 is 0 Å². The number of alkyl halides is 1. The van der Waals surface area contributed by atoms with Crippen molar-refractivity contribution in [3.05, 3.63) is 33.3 Å². The number of rotatable bonds is 2. The maximum absolute atomic E-state index is 11.5. The molecule has 1 nitrogen and oxygen atoms in total. The summed E-state index contributed by atoms with van der Waals surface area (Å²) in [6, 6.07) is 5.23. The van der Waals surface area contributed by atoms with Gasteiger partial charge in [-0.25, -0.2) is 0 Å². The highest BCUT2D eigenvalue weighted by Crippen LogP contribution is 2.23. The van der Waals surface area contributed by atoms with Crippen LogP contribution in [0.25, 0.3) is 0 Å². The van der Waals surface area contributed by atoms with Gasteiger partial charge in [-0.2, -0.15) is 0 Å². The third-order valence-corrected chi connectivity index (χ3v) is 2.78. The van der Waals surface area contributed by atoms with E-state index < -0.39 is 0 Å². The van der Waals surface area contributed by atoms with Crippen LogP contribution in [0.2, 0.25) is 5.02 Å². The predicted molar refractivity (Wildman–Crippen MR) is 61.9 cm³/mol. The molecule has 1 unspecified atom stereocenters. The summed E-state index contributed by atoms with van der Waals surface area (Å²) < 4.78 is 0.872. The lowest BCUT2D eigenvalue weighted by Gasteiger charge is -2.04. The lowest BCUT2D eigenvalue weighted by Crippen LogP contribution is -2.10. The summed E-state index contributed by atoms with van der Waals surface area (Å²) in [5, 5.41) is 0.477. The minimum absolute atomic E-state index is 0.00231. The highest BCUT2D eigenvalue weighted by atomic mass is 79.9. The molecule has 1 aromatic carbocycles. The topological polar surface area (TPSA) is 17.1 Å². The average molecular weight is 326 g/mol. The quantitative estimate of drug-likeness (QED) is 0.591. The third-order valence-electron chi connectivity index (χ3n) is 1.56. The van der Waals surface area contributed by atoms with Gasteiger partial charge in [0.1, 0.15) is 0 Å². The van der Waals surface area contributed by atoms with Crippen LogP contribution in [0.1, 0.15) is 17.3 Å². The molecule has 0 fully saturated rings. The van der Waals surface area contributed by atoms with Gasteiger partial charge < -0.3 is 0 Å². The van der Waals surface area contributed by atoms with E-state index in [9.17, 15) is 4.79 Å². The summed E-state index contributed by atoms with van der Waals surface area (Å²) in [5.41, 5.74) is 0.550. The van der Waals surface area contributed by atoms with Crippen LogP contribution in [0, 0.1) is 0 Å². The smallest absolute Gasteiger partial charge is 0.177 e. The number of hydrogen-bond donors (Lipinski definition) is 0. The van der Waals surface area contributed by atoms with E-state index in [0.717, 1.165) is 4.47 Å². The Morgan fingerprint density at radius 3 is 2.62 bits per heavy atom. The predicted octanol–water partition coefficient (Wildman–Crippen LogP) is 4.07. The molecule has 0 aliphatic rings.